The van der Waals surface area contributed by atoms with Crippen molar-refractivity contribution in [2.45, 2.75) is 31.7 Å². The first kappa shape index (κ1) is 13.4. The number of rotatable bonds is 3. The summed E-state index contributed by atoms with van der Waals surface area (Å²) >= 11 is 0. The maximum Gasteiger partial charge on any atom is 0.0922 e. The molecule has 0 bridgehead atoms. The number of nitrogens with zero attached hydrogens (tertiary/aromatic N) is 3. The van der Waals surface area contributed by atoms with E-state index in [1.54, 1.807) is 0 Å². The first-order chi connectivity index (χ1) is 9.56. The zero-order valence-corrected chi connectivity index (χ0v) is 12.0. The van der Waals surface area contributed by atoms with E-state index < -0.39 is 0 Å². The van der Waals surface area contributed by atoms with Crippen LogP contribution in [0.15, 0.2) is 24.4 Å². The summed E-state index contributed by atoms with van der Waals surface area (Å²) in [6.45, 7) is 5.86. The van der Waals surface area contributed by atoms with Crippen molar-refractivity contribution >= 4 is 11.0 Å². The quantitative estimate of drug-likeness (QED) is 0.824. The molecule has 1 unspecified atom stereocenters. The molecule has 3 rings (SSSR count). The summed E-state index contributed by atoms with van der Waals surface area (Å²) in [6, 6.07) is 6.26. The van der Waals surface area contributed by atoms with E-state index in [-0.39, 0.29) is 12.0 Å². The van der Waals surface area contributed by atoms with Crippen LogP contribution in [0.4, 0.5) is 0 Å². The molecule has 2 heterocycles. The van der Waals surface area contributed by atoms with E-state index in [0.29, 0.717) is 5.92 Å². The molecule has 1 saturated heterocycles. The Morgan fingerprint density at radius 1 is 1.30 bits per heavy atom. The van der Waals surface area contributed by atoms with Crippen LogP contribution in [0.5, 0.6) is 0 Å². The van der Waals surface area contributed by atoms with E-state index in [0.717, 1.165) is 29.8 Å². The molecule has 0 amide bonds. The Morgan fingerprint density at radius 3 is 2.70 bits per heavy atom. The summed E-state index contributed by atoms with van der Waals surface area (Å²) in [5.74, 6) is 6.41. The molecule has 0 radical (unpaired) electrons. The minimum atomic E-state index is 0.0716. The molecule has 2 atom stereocenters. The number of benzene rings is 1. The van der Waals surface area contributed by atoms with E-state index >= 15 is 0 Å². The molecule has 0 aliphatic carbocycles. The molecular formula is C15H21N5. The summed E-state index contributed by atoms with van der Waals surface area (Å²) in [4.78, 5) is 9.36. The molecule has 1 aliphatic rings. The van der Waals surface area contributed by atoms with Crippen molar-refractivity contribution in [1.82, 2.24) is 15.0 Å². The Morgan fingerprint density at radius 2 is 2.05 bits per heavy atom. The third-order valence-corrected chi connectivity index (χ3v) is 4.23. The summed E-state index contributed by atoms with van der Waals surface area (Å²) in [5.41, 5.74) is 10.1. The van der Waals surface area contributed by atoms with Crippen LogP contribution < -0.4 is 11.6 Å². The van der Waals surface area contributed by atoms with Gasteiger partial charge in [-0.1, -0.05) is 19.1 Å². The van der Waals surface area contributed by atoms with Crippen molar-refractivity contribution in [3.05, 3.63) is 35.7 Å². The molecule has 0 spiro atoms. The molecule has 1 aromatic heterocycles. The van der Waals surface area contributed by atoms with Crippen molar-refractivity contribution < 1.29 is 0 Å². The highest BCUT2D eigenvalue weighted by Gasteiger charge is 2.27. The minimum absolute atomic E-state index is 0.0716. The van der Waals surface area contributed by atoms with Gasteiger partial charge >= 0.3 is 0 Å². The van der Waals surface area contributed by atoms with Crippen molar-refractivity contribution in [3.63, 3.8) is 0 Å². The van der Waals surface area contributed by atoms with E-state index in [2.05, 4.69) is 18.0 Å². The first-order valence-electron chi connectivity index (χ1n) is 7.07. The Hall–Kier alpha value is -1.56. The molecular weight excluding hydrogens is 250 g/mol. The number of aromatic nitrogens is 2. The molecule has 1 aliphatic heterocycles. The fourth-order valence-electron chi connectivity index (χ4n) is 2.61. The SMILES string of the molecule is CC(c1cnc2c(C3CN(N)C3)cccc2n1)[C@@H](C)N. The van der Waals surface area contributed by atoms with Gasteiger partial charge < -0.3 is 5.73 Å². The highest BCUT2D eigenvalue weighted by molar-refractivity contribution is 5.78. The Kier molecular flexibility index (Phi) is 3.41. The maximum atomic E-state index is 5.95. The number of hydrogen-bond donors (Lipinski definition) is 2. The molecule has 0 saturated carbocycles. The van der Waals surface area contributed by atoms with Crippen LogP contribution >= 0.6 is 0 Å². The lowest BCUT2D eigenvalue weighted by Crippen LogP contribution is -2.49. The van der Waals surface area contributed by atoms with Gasteiger partial charge in [-0.05, 0) is 18.6 Å². The van der Waals surface area contributed by atoms with Crippen molar-refractivity contribution in [2.24, 2.45) is 11.6 Å². The van der Waals surface area contributed by atoms with Crippen LogP contribution in [0, 0.1) is 0 Å². The second-order valence-electron chi connectivity index (χ2n) is 5.81. The van der Waals surface area contributed by atoms with Crippen LogP contribution in [0.25, 0.3) is 11.0 Å². The molecule has 5 nitrogen and oxygen atoms in total. The lowest BCUT2D eigenvalue weighted by atomic mass is 9.91. The molecule has 20 heavy (non-hydrogen) atoms. The Balaban J connectivity index is 2.00. The van der Waals surface area contributed by atoms with Gasteiger partial charge in [-0.2, -0.15) is 0 Å². The van der Waals surface area contributed by atoms with E-state index in [9.17, 15) is 0 Å². The monoisotopic (exact) mass is 271 g/mol. The third kappa shape index (κ3) is 2.28. The second kappa shape index (κ2) is 5.09. The zero-order valence-electron chi connectivity index (χ0n) is 12.0. The first-order valence-corrected chi connectivity index (χ1v) is 7.07. The van der Waals surface area contributed by atoms with Gasteiger partial charge in [0.1, 0.15) is 0 Å². The lowest BCUT2D eigenvalue weighted by Gasteiger charge is -2.36. The van der Waals surface area contributed by atoms with Gasteiger partial charge in [-0.15, -0.1) is 0 Å². The maximum absolute atomic E-state index is 5.95. The molecule has 1 fully saturated rings. The smallest absolute Gasteiger partial charge is 0.0922 e. The zero-order chi connectivity index (χ0) is 14.3. The topological polar surface area (TPSA) is 81.1 Å². The fraction of sp³-hybridized carbons (Fsp3) is 0.467. The molecule has 2 aromatic rings. The predicted octanol–water partition coefficient (Wildman–Crippen LogP) is 1.35. The number of fused-ring (bicyclic) bond motifs is 1. The molecule has 106 valence electrons. The van der Waals surface area contributed by atoms with Crippen molar-refractivity contribution in [3.8, 4) is 0 Å². The molecule has 4 N–H and O–H groups in total. The molecule has 5 heteroatoms. The van der Waals surface area contributed by atoms with Gasteiger partial charge in [0.2, 0.25) is 0 Å². The average Bonchev–Trinajstić information content (AvgIpc) is 2.42. The molecule has 1 aromatic carbocycles. The number of hydrogen-bond acceptors (Lipinski definition) is 5. The van der Waals surface area contributed by atoms with E-state index in [4.69, 9.17) is 16.6 Å². The normalized spacial score (nSPS) is 19.8. The highest BCUT2D eigenvalue weighted by Crippen LogP contribution is 2.29. The van der Waals surface area contributed by atoms with Crippen molar-refractivity contribution in [2.75, 3.05) is 13.1 Å². The fourth-order valence-corrected chi connectivity index (χ4v) is 2.61. The van der Waals surface area contributed by atoms with Crippen LogP contribution in [0.1, 0.15) is 36.9 Å². The predicted molar refractivity (Wildman–Crippen MR) is 80.1 cm³/mol. The standard InChI is InChI=1S/C15H21N5/c1-9(10(2)16)14-6-18-15-12(11-7-20(17)8-11)4-3-5-13(15)19-14/h3-6,9-11H,7-8,16-17H2,1-2H3/t9?,10-/m1/s1. The number of nitrogens with two attached hydrogens (primary N) is 2. The van der Waals surface area contributed by atoms with E-state index in [1.165, 1.54) is 5.56 Å². The van der Waals surface area contributed by atoms with E-state index in [1.807, 2.05) is 30.3 Å². The Labute approximate surface area is 119 Å². The highest BCUT2D eigenvalue weighted by atomic mass is 15.4. The Bertz CT molecular complexity index is 619. The van der Waals surface area contributed by atoms with Gasteiger partial charge in [0.15, 0.2) is 0 Å². The third-order valence-electron chi connectivity index (χ3n) is 4.23. The van der Waals surface area contributed by atoms with Gasteiger partial charge in [0, 0.05) is 37.2 Å². The average molecular weight is 271 g/mol. The van der Waals surface area contributed by atoms with Gasteiger partial charge in [-0.3, -0.25) is 10.8 Å². The van der Waals surface area contributed by atoms with Gasteiger partial charge in [-0.25, -0.2) is 9.99 Å². The van der Waals surface area contributed by atoms with Crippen LogP contribution in [0.2, 0.25) is 0 Å². The van der Waals surface area contributed by atoms with Crippen LogP contribution in [0.3, 0.4) is 0 Å². The number of para-hydroxylation sites is 1. The van der Waals surface area contributed by atoms with Crippen LogP contribution in [-0.2, 0) is 0 Å². The summed E-state index contributed by atoms with van der Waals surface area (Å²) in [5, 5.41) is 1.82. The summed E-state index contributed by atoms with van der Waals surface area (Å²) in [6.07, 6.45) is 1.86. The summed E-state index contributed by atoms with van der Waals surface area (Å²) in [7, 11) is 0. The number of hydrazine groups is 1. The second-order valence-corrected chi connectivity index (χ2v) is 5.81. The lowest BCUT2D eigenvalue weighted by molar-refractivity contribution is 0.152. The van der Waals surface area contributed by atoms with Crippen LogP contribution in [-0.4, -0.2) is 34.1 Å². The van der Waals surface area contributed by atoms with Crippen molar-refractivity contribution in [1.29, 1.82) is 0 Å². The summed E-state index contributed by atoms with van der Waals surface area (Å²) < 4.78 is 0. The van der Waals surface area contributed by atoms with Gasteiger partial charge in [0.05, 0.1) is 16.7 Å². The van der Waals surface area contributed by atoms with Gasteiger partial charge in [0.25, 0.3) is 0 Å². The largest absolute Gasteiger partial charge is 0.327 e. The minimum Gasteiger partial charge on any atom is -0.327 e.